The SMILES string of the molecule is [B][C@@H]1[C@@H](C)C(=O)[C@@H](C)C(=O)O[C@H](CC)[C@@]2(C)OC(=O)N(CCCCn3cc(-c4cnc(N)s4)nn3)[C@@H]2[C@H](C)NCCC[C@@]1(C)OC. The maximum absolute atomic E-state index is 13.5. The number of rotatable bonds is 8. The first-order valence-corrected chi connectivity index (χ1v) is 17.0. The molecule has 2 aromatic rings. The Bertz CT molecular complexity index is 1370. The summed E-state index contributed by atoms with van der Waals surface area (Å²) in [5, 5.41) is 12.5. The van der Waals surface area contributed by atoms with E-state index < -0.39 is 53.1 Å². The number of ketones is 1. The lowest BCUT2D eigenvalue weighted by Crippen LogP contribution is -2.60. The fraction of sp³-hybridized carbons (Fsp3) is 0.742. The standard InChI is InChI=1S/C31H48BN7O6S/c1-8-23-31(6)26(20(4)34-13-11-12-30(5,43-7)25(32)18(2)24(40)19(3)27(41)44-23)39(29(42)45-31)15-10-9-14-38-17-21(36-37-38)22-16-35-28(33)46-22/h16-20,23,25-26,34H,8-15H2,1-7H3,(H2,33,35)/t18-,19+,20-,23+,25+,26+,30+,31+/m0/s1. The number of carbonyl (C=O) groups excluding carboxylic acids is 3. The van der Waals surface area contributed by atoms with Gasteiger partial charge >= 0.3 is 12.1 Å². The molecule has 2 saturated heterocycles. The zero-order valence-electron chi connectivity index (χ0n) is 28.0. The number of anilines is 1. The highest BCUT2D eigenvalue weighted by Crippen LogP contribution is 2.40. The minimum Gasteiger partial charge on any atom is -0.458 e. The van der Waals surface area contributed by atoms with Crippen molar-refractivity contribution < 1.29 is 28.6 Å². The lowest BCUT2D eigenvalue weighted by Gasteiger charge is -2.40. The van der Waals surface area contributed by atoms with Crippen LogP contribution in [0.3, 0.4) is 0 Å². The summed E-state index contributed by atoms with van der Waals surface area (Å²) in [6.45, 7) is 12.6. The average Bonchev–Trinajstić information content (AvgIpc) is 3.75. The number of aryl methyl sites for hydroxylation is 1. The number of nitrogen functional groups attached to an aromatic ring is 1. The number of carbonyl (C=O) groups is 3. The van der Waals surface area contributed by atoms with Gasteiger partial charge in [-0.2, -0.15) is 0 Å². The third-order valence-electron chi connectivity index (χ3n) is 9.81. The molecule has 46 heavy (non-hydrogen) atoms. The molecule has 0 bridgehead atoms. The Morgan fingerprint density at radius 1 is 1.20 bits per heavy atom. The monoisotopic (exact) mass is 657 g/mol. The van der Waals surface area contributed by atoms with Gasteiger partial charge in [0.1, 0.15) is 23.5 Å². The van der Waals surface area contributed by atoms with Gasteiger partial charge < -0.3 is 25.3 Å². The van der Waals surface area contributed by atoms with Crippen LogP contribution in [-0.2, 0) is 30.3 Å². The van der Waals surface area contributed by atoms with Gasteiger partial charge in [0, 0.05) is 38.4 Å². The first-order valence-electron chi connectivity index (χ1n) is 16.2. The normalized spacial score (nSPS) is 33.2. The van der Waals surface area contributed by atoms with Crippen LogP contribution in [0.25, 0.3) is 10.6 Å². The predicted octanol–water partition coefficient (Wildman–Crippen LogP) is 3.64. The molecule has 4 rings (SSSR count). The lowest BCUT2D eigenvalue weighted by atomic mass is 9.63. The summed E-state index contributed by atoms with van der Waals surface area (Å²) >= 11 is 1.35. The fourth-order valence-corrected chi connectivity index (χ4v) is 7.45. The number of aromatic nitrogens is 4. The molecule has 2 aromatic heterocycles. The molecule has 2 radical (unpaired) electrons. The van der Waals surface area contributed by atoms with Crippen molar-refractivity contribution in [3.63, 3.8) is 0 Å². The molecule has 3 N–H and O–H groups in total. The Morgan fingerprint density at radius 3 is 2.57 bits per heavy atom. The summed E-state index contributed by atoms with van der Waals surface area (Å²) < 4.78 is 19.7. The molecule has 4 heterocycles. The van der Waals surface area contributed by atoms with Crippen molar-refractivity contribution in [3.8, 4) is 10.6 Å². The van der Waals surface area contributed by atoms with Crippen molar-refractivity contribution >= 4 is 42.2 Å². The molecule has 0 unspecified atom stereocenters. The van der Waals surface area contributed by atoms with Crippen LogP contribution in [0.15, 0.2) is 12.4 Å². The first-order chi connectivity index (χ1) is 21.8. The summed E-state index contributed by atoms with van der Waals surface area (Å²) in [4.78, 5) is 47.0. The number of hydrogen-bond donors (Lipinski definition) is 2. The van der Waals surface area contributed by atoms with Crippen LogP contribution in [0.1, 0.15) is 73.6 Å². The van der Waals surface area contributed by atoms with E-state index in [1.54, 1.807) is 36.7 Å². The molecule has 2 aliphatic heterocycles. The van der Waals surface area contributed by atoms with E-state index in [1.807, 2.05) is 33.9 Å². The largest absolute Gasteiger partial charge is 0.458 e. The number of ether oxygens (including phenoxy) is 3. The number of nitrogens with two attached hydrogens (primary N) is 1. The van der Waals surface area contributed by atoms with Gasteiger partial charge in [0.2, 0.25) is 0 Å². The van der Waals surface area contributed by atoms with Crippen molar-refractivity contribution in [2.45, 2.75) is 115 Å². The van der Waals surface area contributed by atoms with Gasteiger partial charge in [0.25, 0.3) is 0 Å². The van der Waals surface area contributed by atoms with Crippen LogP contribution in [0.4, 0.5) is 9.93 Å². The quantitative estimate of drug-likeness (QED) is 0.184. The van der Waals surface area contributed by atoms with E-state index in [0.717, 1.165) is 17.7 Å². The average molecular weight is 658 g/mol. The van der Waals surface area contributed by atoms with E-state index in [0.29, 0.717) is 49.7 Å². The van der Waals surface area contributed by atoms with E-state index in [-0.39, 0.29) is 11.8 Å². The molecule has 0 aliphatic carbocycles. The summed E-state index contributed by atoms with van der Waals surface area (Å²) in [6.07, 6.45) is 5.43. The smallest absolute Gasteiger partial charge is 0.410 e. The summed E-state index contributed by atoms with van der Waals surface area (Å²) in [7, 11) is 8.17. The fourth-order valence-electron chi connectivity index (χ4n) is 6.82. The molecule has 8 atom stereocenters. The molecule has 0 aromatic carbocycles. The molecule has 2 fully saturated rings. The van der Waals surface area contributed by atoms with Crippen LogP contribution in [0.2, 0.25) is 5.82 Å². The molecule has 1 amide bonds. The number of Topliss-reactive ketones (excluding diaryl/α,β-unsaturated/α-hetero) is 1. The number of methoxy groups -OCH3 is 1. The summed E-state index contributed by atoms with van der Waals surface area (Å²) in [6, 6.07) is -0.655. The molecule has 13 nitrogen and oxygen atoms in total. The highest BCUT2D eigenvalue weighted by Gasteiger charge is 2.58. The van der Waals surface area contributed by atoms with Crippen LogP contribution >= 0.6 is 11.3 Å². The number of nitrogens with one attached hydrogen (secondary N) is 1. The zero-order valence-corrected chi connectivity index (χ0v) is 28.8. The number of thiazole rings is 1. The van der Waals surface area contributed by atoms with Crippen molar-refractivity contribution in [3.05, 3.63) is 12.4 Å². The molecule has 15 heteroatoms. The predicted molar refractivity (Wildman–Crippen MR) is 175 cm³/mol. The Hall–Kier alpha value is -3.04. The molecule has 252 valence electrons. The highest BCUT2D eigenvalue weighted by atomic mass is 32.1. The van der Waals surface area contributed by atoms with E-state index in [2.05, 4.69) is 20.6 Å². The molecular formula is C31H48BN7O6S. The van der Waals surface area contributed by atoms with Crippen molar-refractivity contribution in [2.75, 3.05) is 25.9 Å². The van der Waals surface area contributed by atoms with Crippen molar-refractivity contribution in [1.29, 1.82) is 0 Å². The van der Waals surface area contributed by atoms with Crippen LogP contribution in [0.5, 0.6) is 0 Å². The summed E-state index contributed by atoms with van der Waals surface area (Å²) in [5.41, 5.74) is 4.53. The maximum Gasteiger partial charge on any atom is 0.410 e. The van der Waals surface area contributed by atoms with Gasteiger partial charge in [-0.1, -0.05) is 30.4 Å². The number of hydrogen-bond acceptors (Lipinski definition) is 12. The summed E-state index contributed by atoms with van der Waals surface area (Å²) in [5.74, 6) is -3.26. The minimum atomic E-state index is -1.16. The first kappa shape index (κ1) is 35.8. The number of esters is 1. The zero-order chi connectivity index (χ0) is 33.8. The van der Waals surface area contributed by atoms with Gasteiger partial charge in [-0.3, -0.25) is 19.2 Å². The minimum absolute atomic E-state index is 0.209. The van der Waals surface area contributed by atoms with Crippen LogP contribution in [-0.4, -0.2) is 100 Å². The number of nitrogens with zero attached hydrogens (tertiary/aromatic N) is 5. The van der Waals surface area contributed by atoms with Crippen molar-refractivity contribution in [2.24, 2.45) is 11.8 Å². The number of amides is 1. The lowest BCUT2D eigenvalue weighted by molar-refractivity contribution is -0.170. The Morgan fingerprint density at radius 2 is 1.91 bits per heavy atom. The van der Waals surface area contributed by atoms with Gasteiger partial charge in [-0.25, -0.2) is 9.78 Å². The van der Waals surface area contributed by atoms with E-state index in [9.17, 15) is 14.4 Å². The van der Waals surface area contributed by atoms with E-state index in [4.69, 9.17) is 27.8 Å². The van der Waals surface area contributed by atoms with Crippen LogP contribution in [0, 0.1) is 11.8 Å². The van der Waals surface area contributed by atoms with Gasteiger partial charge in [0.15, 0.2) is 10.7 Å². The van der Waals surface area contributed by atoms with Crippen molar-refractivity contribution in [1.82, 2.24) is 30.2 Å². The number of unbranched alkanes of at least 4 members (excludes halogenated alkanes) is 1. The number of cyclic esters (lactones) is 1. The molecule has 2 aliphatic rings. The third-order valence-corrected chi connectivity index (χ3v) is 10.7. The second-order valence-corrected chi connectivity index (χ2v) is 14.0. The second kappa shape index (κ2) is 14.8. The van der Waals surface area contributed by atoms with Crippen LogP contribution < -0.4 is 11.1 Å². The second-order valence-electron chi connectivity index (χ2n) is 13.0. The third kappa shape index (κ3) is 7.41. The number of fused-ring (bicyclic) bond motifs is 1. The van der Waals surface area contributed by atoms with E-state index >= 15 is 0 Å². The Labute approximate surface area is 276 Å². The maximum atomic E-state index is 13.5. The Balaban J connectivity index is 1.52. The van der Waals surface area contributed by atoms with E-state index in [1.165, 1.54) is 11.3 Å². The molecule has 0 spiro atoms. The highest BCUT2D eigenvalue weighted by molar-refractivity contribution is 7.18. The molecule has 0 saturated carbocycles. The Kier molecular flexibility index (Phi) is 11.5. The van der Waals surface area contributed by atoms with Gasteiger partial charge in [0.05, 0.1) is 30.6 Å². The topological polar surface area (TPSA) is 164 Å². The molecular weight excluding hydrogens is 609 g/mol. The van der Waals surface area contributed by atoms with Gasteiger partial charge in [-0.05, 0) is 72.2 Å². The van der Waals surface area contributed by atoms with Gasteiger partial charge in [-0.15, -0.1) is 5.10 Å².